The van der Waals surface area contributed by atoms with Crippen LogP contribution in [0, 0.1) is 11.9 Å². The number of likely N-dealkylation sites (tertiary alicyclic amines) is 2. The second-order valence-electron chi connectivity index (χ2n) is 8.98. The molecule has 4 aromatic rings. The van der Waals surface area contributed by atoms with Gasteiger partial charge >= 0.3 is 0 Å². The lowest BCUT2D eigenvalue weighted by molar-refractivity contribution is 0.0511. The number of rotatable bonds is 5. The van der Waals surface area contributed by atoms with Gasteiger partial charge in [0.15, 0.2) is 0 Å². The second-order valence-corrected chi connectivity index (χ2v) is 8.98. The quantitative estimate of drug-likeness (QED) is 0.478. The van der Waals surface area contributed by atoms with E-state index in [-0.39, 0.29) is 11.5 Å². The van der Waals surface area contributed by atoms with E-state index >= 15 is 0 Å². The second kappa shape index (κ2) is 8.77. The fraction of sp³-hybridized carbons (Fsp3) is 0.320. The van der Waals surface area contributed by atoms with Crippen molar-refractivity contribution in [2.24, 2.45) is 0 Å². The summed E-state index contributed by atoms with van der Waals surface area (Å²) in [7, 11) is 1.51. The van der Waals surface area contributed by atoms with Crippen LogP contribution in [0.25, 0.3) is 22.3 Å². The van der Waals surface area contributed by atoms with Gasteiger partial charge in [0.05, 0.1) is 24.6 Å². The Kier molecular flexibility index (Phi) is 5.44. The summed E-state index contributed by atoms with van der Waals surface area (Å²) >= 11 is 0. The molecule has 1 radical (unpaired) electrons. The Balaban J connectivity index is 1.05. The zero-order valence-electron chi connectivity index (χ0n) is 19.3. The number of hydrogen-bond acceptors (Lipinski definition) is 6. The van der Waals surface area contributed by atoms with Crippen molar-refractivity contribution in [3.8, 4) is 17.0 Å². The molecule has 1 aromatic carbocycles. The van der Waals surface area contributed by atoms with Crippen LogP contribution >= 0.6 is 0 Å². The van der Waals surface area contributed by atoms with E-state index in [9.17, 15) is 9.18 Å². The number of carbonyl (C=O) groups is 1. The summed E-state index contributed by atoms with van der Waals surface area (Å²) in [5.74, 6) is -0.314. The van der Waals surface area contributed by atoms with Crippen molar-refractivity contribution in [2.45, 2.75) is 18.9 Å². The average Bonchev–Trinajstić information content (AvgIpc) is 3.53. The molecule has 0 aliphatic carbocycles. The zero-order valence-corrected chi connectivity index (χ0v) is 19.3. The van der Waals surface area contributed by atoms with Crippen LogP contribution in [-0.4, -0.2) is 79.8 Å². The minimum absolute atomic E-state index is 0.0671. The first-order chi connectivity index (χ1) is 17.1. The van der Waals surface area contributed by atoms with Crippen molar-refractivity contribution < 1.29 is 13.9 Å². The summed E-state index contributed by atoms with van der Waals surface area (Å²) in [5.41, 5.74) is 2.70. The number of nitrogens with one attached hydrogen (secondary N) is 1. The number of aromatic nitrogens is 5. The van der Waals surface area contributed by atoms with Gasteiger partial charge in [-0.05, 0) is 37.1 Å². The molecule has 35 heavy (non-hydrogen) atoms. The minimum Gasteiger partial charge on any atom is -0.497 e. The smallest absolute Gasteiger partial charge is 0.256 e. The number of ether oxygens (including phenoxy) is 1. The number of amides is 1. The van der Waals surface area contributed by atoms with Gasteiger partial charge in [0.25, 0.3) is 5.91 Å². The van der Waals surface area contributed by atoms with E-state index in [2.05, 4.69) is 25.0 Å². The van der Waals surface area contributed by atoms with Crippen molar-refractivity contribution in [1.29, 1.82) is 0 Å². The van der Waals surface area contributed by atoms with E-state index in [1.807, 2.05) is 29.3 Å². The first-order valence-corrected chi connectivity index (χ1v) is 11.7. The van der Waals surface area contributed by atoms with E-state index < -0.39 is 5.82 Å². The maximum absolute atomic E-state index is 14.2. The van der Waals surface area contributed by atoms with E-state index in [1.54, 1.807) is 11.2 Å². The molecule has 9 nitrogen and oxygen atoms in total. The Morgan fingerprint density at radius 1 is 1.17 bits per heavy atom. The molecular weight excluding hydrogens is 449 g/mol. The molecule has 0 spiro atoms. The number of aromatic amines is 1. The van der Waals surface area contributed by atoms with Gasteiger partial charge in [0, 0.05) is 55.6 Å². The number of nitrogens with zero attached hydrogens (tertiary/aromatic N) is 6. The molecule has 1 amide bonds. The largest absolute Gasteiger partial charge is 0.497 e. The standard InChI is InChI=1S/C25H25FN7O2/c1-35-19-2-3-22(26)21(10-19)25(34)31-8-5-17(6-9-31)32-13-18(14-32)33-12-16(11-30-33)23-20-4-7-27-24(20)29-15-28-23/h2-4,7,10-12,15,17H,5-6,8-9,13-14H2,1H3,(H,27,28,29). The molecule has 0 bridgehead atoms. The Morgan fingerprint density at radius 3 is 2.80 bits per heavy atom. The summed E-state index contributed by atoms with van der Waals surface area (Å²) in [6, 6.07) is 7.87. The summed E-state index contributed by atoms with van der Waals surface area (Å²) < 4.78 is 21.3. The van der Waals surface area contributed by atoms with Gasteiger partial charge < -0.3 is 14.6 Å². The lowest BCUT2D eigenvalue weighted by Gasteiger charge is -2.46. The molecule has 3 aromatic heterocycles. The van der Waals surface area contributed by atoms with Crippen LogP contribution in [0.4, 0.5) is 4.39 Å². The van der Waals surface area contributed by atoms with E-state index in [4.69, 9.17) is 4.74 Å². The van der Waals surface area contributed by atoms with Crippen LogP contribution in [0.2, 0.25) is 0 Å². The van der Waals surface area contributed by atoms with Crippen LogP contribution in [0.1, 0.15) is 23.2 Å². The fourth-order valence-corrected chi connectivity index (χ4v) is 4.95. The number of fused-ring (bicyclic) bond motifs is 1. The maximum Gasteiger partial charge on any atom is 0.256 e. The van der Waals surface area contributed by atoms with Gasteiger partial charge in [-0.25, -0.2) is 14.4 Å². The van der Waals surface area contributed by atoms with Crippen molar-refractivity contribution >= 4 is 16.9 Å². The molecule has 1 N–H and O–H groups in total. The molecule has 0 unspecified atom stereocenters. The topological polar surface area (TPSA) is 92.2 Å². The van der Waals surface area contributed by atoms with Crippen molar-refractivity contribution in [2.75, 3.05) is 33.3 Å². The Morgan fingerprint density at radius 2 is 2.00 bits per heavy atom. The predicted molar refractivity (Wildman–Crippen MR) is 127 cm³/mol. The third-order valence-corrected chi connectivity index (χ3v) is 6.98. The van der Waals surface area contributed by atoms with Gasteiger partial charge in [-0.15, -0.1) is 0 Å². The van der Waals surface area contributed by atoms with E-state index in [0.717, 1.165) is 48.2 Å². The van der Waals surface area contributed by atoms with E-state index in [1.165, 1.54) is 31.4 Å². The molecular formula is C25H25FN7O2. The molecule has 5 heterocycles. The summed E-state index contributed by atoms with van der Waals surface area (Å²) in [4.78, 5) is 28.8. The molecule has 2 saturated heterocycles. The van der Waals surface area contributed by atoms with Crippen LogP contribution in [-0.2, 0) is 0 Å². The number of piperidine rings is 1. The monoisotopic (exact) mass is 474 g/mol. The number of methoxy groups -OCH3 is 1. The average molecular weight is 475 g/mol. The lowest BCUT2D eigenvalue weighted by atomic mass is 9.97. The van der Waals surface area contributed by atoms with Crippen LogP contribution < -0.4 is 4.74 Å². The highest BCUT2D eigenvalue weighted by Crippen LogP contribution is 2.30. The van der Waals surface area contributed by atoms with Crippen molar-refractivity contribution in [1.82, 2.24) is 34.5 Å². The Labute approximate surface area is 201 Å². The van der Waals surface area contributed by atoms with Crippen LogP contribution in [0.5, 0.6) is 5.75 Å². The van der Waals surface area contributed by atoms with Crippen molar-refractivity contribution in [3.63, 3.8) is 0 Å². The number of carbonyl (C=O) groups excluding carboxylic acids is 1. The first kappa shape index (κ1) is 21.7. The number of halogens is 1. The van der Waals surface area contributed by atoms with E-state index in [0.29, 0.717) is 24.9 Å². The lowest BCUT2D eigenvalue weighted by Crippen LogP contribution is -2.56. The van der Waals surface area contributed by atoms with Crippen molar-refractivity contribution in [3.05, 3.63) is 66.6 Å². The van der Waals surface area contributed by atoms with Crippen LogP contribution in [0.15, 0.2) is 49.2 Å². The highest BCUT2D eigenvalue weighted by Gasteiger charge is 2.37. The molecule has 179 valence electrons. The highest BCUT2D eigenvalue weighted by molar-refractivity contribution is 5.95. The first-order valence-electron chi connectivity index (χ1n) is 11.7. The summed E-state index contributed by atoms with van der Waals surface area (Å²) in [6.07, 6.45) is 9.00. The zero-order chi connectivity index (χ0) is 23.9. The van der Waals surface area contributed by atoms with Crippen LogP contribution in [0.3, 0.4) is 0 Å². The molecule has 0 atom stereocenters. The third-order valence-electron chi connectivity index (χ3n) is 6.98. The normalized spacial score (nSPS) is 17.6. The predicted octanol–water partition coefficient (Wildman–Crippen LogP) is 2.97. The summed E-state index contributed by atoms with van der Waals surface area (Å²) in [6.45, 7) is 2.90. The highest BCUT2D eigenvalue weighted by atomic mass is 19.1. The molecule has 2 aliphatic heterocycles. The fourth-order valence-electron chi connectivity index (χ4n) is 4.95. The van der Waals surface area contributed by atoms with Gasteiger partial charge in [0.1, 0.15) is 29.6 Å². The molecule has 6 rings (SSSR count). The Bertz CT molecular complexity index is 1370. The Hall–Kier alpha value is -3.79. The molecule has 0 saturated carbocycles. The van der Waals surface area contributed by atoms with Gasteiger partial charge in [-0.1, -0.05) is 0 Å². The SMILES string of the molecule is COc1ccc(F)c(C(=O)N2CCC(N3C[C](n4cc(-c5ncnc6[nH]ccc56)cn4)C3)CC2)c1. The molecule has 2 fully saturated rings. The van der Waals surface area contributed by atoms with Gasteiger partial charge in [-0.3, -0.25) is 14.4 Å². The van der Waals surface area contributed by atoms with Gasteiger partial charge in [-0.2, -0.15) is 5.10 Å². The number of H-pyrrole nitrogens is 1. The number of benzene rings is 1. The number of hydrogen-bond donors (Lipinski definition) is 1. The summed E-state index contributed by atoms with van der Waals surface area (Å²) in [5, 5.41) is 5.53. The van der Waals surface area contributed by atoms with Gasteiger partial charge in [0.2, 0.25) is 0 Å². The molecule has 10 heteroatoms. The third kappa shape index (κ3) is 3.93. The molecule has 2 aliphatic rings. The minimum atomic E-state index is -0.516. The maximum atomic E-state index is 14.2.